The largest absolute Gasteiger partial charge is 0.376 e. The molecule has 0 aliphatic rings. The standard InChI is InChI=1S/C25H27N3O2/c1-4-19-10-8-9-18(2)24(19)26-17-23(29)27-21-15-13-20(14-16-21)25(30)28(3)22-11-6-5-7-12-22/h5-16,26H,4,17H2,1-3H3,(H,27,29). The average Bonchev–Trinajstić information content (AvgIpc) is 2.78. The maximum atomic E-state index is 12.7. The summed E-state index contributed by atoms with van der Waals surface area (Å²) in [7, 11) is 1.75. The molecule has 0 saturated heterocycles. The van der Waals surface area contributed by atoms with Crippen molar-refractivity contribution in [1.82, 2.24) is 0 Å². The molecule has 30 heavy (non-hydrogen) atoms. The molecule has 0 fully saturated rings. The number of nitrogens with one attached hydrogen (secondary N) is 2. The number of hydrogen-bond donors (Lipinski definition) is 2. The number of carbonyl (C=O) groups excluding carboxylic acids is 2. The van der Waals surface area contributed by atoms with Gasteiger partial charge in [-0.2, -0.15) is 0 Å². The summed E-state index contributed by atoms with van der Waals surface area (Å²) in [4.78, 5) is 26.6. The second kappa shape index (κ2) is 9.74. The highest BCUT2D eigenvalue weighted by Gasteiger charge is 2.13. The van der Waals surface area contributed by atoms with E-state index < -0.39 is 0 Å². The summed E-state index contributed by atoms with van der Waals surface area (Å²) < 4.78 is 0. The molecule has 0 atom stereocenters. The molecule has 0 aliphatic heterocycles. The van der Waals surface area contributed by atoms with E-state index in [0.717, 1.165) is 23.4 Å². The van der Waals surface area contributed by atoms with Crippen molar-refractivity contribution in [2.45, 2.75) is 20.3 Å². The Morgan fingerprint density at radius 1 is 0.900 bits per heavy atom. The van der Waals surface area contributed by atoms with Crippen molar-refractivity contribution in [3.63, 3.8) is 0 Å². The highest BCUT2D eigenvalue weighted by molar-refractivity contribution is 6.06. The van der Waals surface area contributed by atoms with Crippen LogP contribution in [-0.2, 0) is 11.2 Å². The predicted molar refractivity (Wildman–Crippen MR) is 123 cm³/mol. The van der Waals surface area contributed by atoms with Crippen LogP contribution in [0.1, 0.15) is 28.4 Å². The van der Waals surface area contributed by atoms with Gasteiger partial charge < -0.3 is 15.5 Å². The third kappa shape index (κ3) is 5.06. The molecule has 0 spiro atoms. The molecule has 0 unspecified atom stereocenters. The van der Waals surface area contributed by atoms with Crippen molar-refractivity contribution >= 4 is 28.9 Å². The zero-order valence-electron chi connectivity index (χ0n) is 17.6. The van der Waals surface area contributed by atoms with Crippen LogP contribution in [0.5, 0.6) is 0 Å². The van der Waals surface area contributed by atoms with Gasteiger partial charge in [-0.05, 0) is 60.9 Å². The van der Waals surface area contributed by atoms with Gasteiger partial charge in [-0.3, -0.25) is 9.59 Å². The normalized spacial score (nSPS) is 10.4. The predicted octanol–water partition coefficient (Wildman–Crippen LogP) is 4.88. The fourth-order valence-electron chi connectivity index (χ4n) is 3.31. The number of rotatable bonds is 7. The van der Waals surface area contributed by atoms with Crippen LogP contribution < -0.4 is 15.5 Å². The van der Waals surface area contributed by atoms with Gasteiger partial charge in [-0.25, -0.2) is 0 Å². The summed E-state index contributed by atoms with van der Waals surface area (Å²) in [5.74, 6) is -0.242. The van der Waals surface area contributed by atoms with Gasteiger partial charge in [0.25, 0.3) is 5.91 Å². The average molecular weight is 402 g/mol. The Labute approximate surface area is 177 Å². The minimum Gasteiger partial charge on any atom is -0.376 e. The van der Waals surface area contributed by atoms with Crippen LogP contribution in [0, 0.1) is 6.92 Å². The number of benzene rings is 3. The number of nitrogens with zero attached hydrogens (tertiary/aromatic N) is 1. The fraction of sp³-hybridized carbons (Fsp3) is 0.200. The third-order valence-corrected chi connectivity index (χ3v) is 5.03. The van der Waals surface area contributed by atoms with Crippen LogP contribution in [0.15, 0.2) is 72.8 Å². The topological polar surface area (TPSA) is 61.4 Å². The Bertz CT molecular complexity index is 1010. The zero-order valence-corrected chi connectivity index (χ0v) is 17.6. The molecule has 0 radical (unpaired) electrons. The van der Waals surface area contributed by atoms with E-state index in [0.29, 0.717) is 11.3 Å². The number of anilines is 3. The van der Waals surface area contributed by atoms with Crippen LogP contribution in [0.25, 0.3) is 0 Å². The molecule has 0 aromatic heterocycles. The second-order valence-corrected chi connectivity index (χ2v) is 7.14. The van der Waals surface area contributed by atoms with E-state index in [4.69, 9.17) is 0 Å². The quantitative estimate of drug-likeness (QED) is 0.593. The summed E-state index contributed by atoms with van der Waals surface area (Å²) in [6.07, 6.45) is 0.901. The van der Waals surface area contributed by atoms with E-state index in [-0.39, 0.29) is 18.4 Å². The van der Waals surface area contributed by atoms with Gasteiger partial charge in [0.05, 0.1) is 6.54 Å². The Hall–Kier alpha value is -3.60. The molecule has 0 bridgehead atoms. The van der Waals surface area contributed by atoms with Crippen molar-refractivity contribution in [3.8, 4) is 0 Å². The molecule has 0 aliphatic carbocycles. The van der Waals surface area contributed by atoms with Gasteiger partial charge in [0.2, 0.25) is 5.91 Å². The molecule has 2 amide bonds. The Balaban J connectivity index is 1.59. The zero-order chi connectivity index (χ0) is 21.5. The lowest BCUT2D eigenvalue weighted by Crippen LogP contribution is -2.26. The molecular formula is C25H27N3O2. The fourth-order valence-corrected chi connectivity index (χ4v) is 3.31. The molecular weight excluding hydrogens is 374 g/mol. The van der Waals surface area contributed by atoms with Crippen LogP contribution in [0.2, 0.25) is 0 Å². The van der Waals surface area contributed by atoms with Crippen molar-refractivity contribution in [2.24, 2.45) is 0 Å². The monoisotopic (exact) mass is 401 g/mol. The van der Waals surface area contributed by atoms with E-state index in [1.807, 2.05) is 49.4 Å². The SMILES string of the molecule is CCc1cccc(C)c1NCC(=O)Nc1ccc(C(=O)N(C)c2ccccc2)cc1. The summed E-state index contributed by atoms with van der Waals surface area (Å²) in [5, 5.41) is 6.11. The maximum Gasteiger partial charge on any atom is 0.258 e. The molecule has 5 nitrogen and oxygen atoms in total. The van der Waals surface area contributed by atoms with Crippen LogP contribution in [0.3, 0.4) is 0 Å². The molecule has 5 heteroatoms. The lowest BCUT2D eigenvalue weighted by Gasteiger charge is -2.17. The Kier molecular flexibility index (Phi) is 6.86. The third-order valence-electron chi connectivity index (χ3n) is 5.03. The summed E-state index contributed by atoms with van der Waals surface area (Å²) in [6, 6.07) is 22.5. The smallest absolute Gasteiger partial charge is 0.258 e. The summed E-state index contributed by atoms with van der Waals surface area (Å²) in [5.41, 5.74) is 5.36. The summed E-state index contributed by atoms with van der Waals surface area (Å²) in [6.45, 7) is 4.30. The van der Waals surface area contributed by atoms with Gasteiger partial charge in [0.1, 0.15) is 0 Å². The van der Waals surface area contributed by atoms with E-state index in [1.54, 1.807) is 36.2 Å². The minimum atomic E-state index is -0.138. The van der Waals surface area contributed by atoms with Gasteiger partial charge in [-0.15, -0.1) is 0 Å². The second-order valence-electron chi connectivity index (χ2n) is 7.14. The molecule has 3 aromatic rings. The van der Waals surface area contributed by atoms with Crippen molar-refractivity contribution in [1.29, 1.82) is 0 Å². The molecule has 3 rings (SSSR count). The lowest BCUT2D eigenvalue weighted by molar-refractivity contribution is -0.114. The van der Waals surface area contributed by atoms with Crippen LogP contribution in [-0.4, -0.2) is 25.4 Å². The van der Waals surface area contributed by atoms with Crippen LogP contribution >= 0.6 is 0 Å². The first-order valence-corrected chi connectivity index (χ1v) is 10.0. The number of aryl methyl sites for hydroxylation is 2. The van der Waals surface area contributed by atoms with E-state index in [1.165, 1.54) is 5.56 Å². The van der Waals surface area contributed by atoms with E-state index >= 15 is 0 Å². The van der Waals surface area contributed by atoms with Crippen molar-refractivity contribution < 1.29 is 9.59 Å². The van der Waals surface area contributed by atoms with E-state index in [9.17, 15) is 9.59 Å². The van der Waals surface area contributed by atoms with Crippen molar-refractivity contribution in [3.05, 3.63) is 89.5 Å². The summed E-state index contributed by atoms with van der Waals surface area (Å²) >= 11 is 0. The van der Waals surface area contributed by atoms with Gasteiger partial charge in [0, 0.05) is 29.7 Å². The molecule has 0 saturated carbocycles. The number of hydrogen-bond acceptors (Lipinski definition) is 3. The first-order chi connectivity index (χ1) is 14.5. The van der Waals surface area contributed by atoms with Crippen molar-refractivity contribution in [2.75, 3.05) is 29.1 Å². The lowest BCUT2D eigenvalue weighted by atomic mass is 10.1. The van der Waals surface area contributed by atoms with Gasteiger partial charge in [-0.1, -0.05) is 43.3 Å². The first-order valence-electron chi connectivity index (χ1n) is 10.0. The Morgan fingerprint density at radius 2 is 1.60 bits per heavy atom. The maximum absolute atomic E-state index is 12.7. The Morgan fingerprint density at radius 3 is 2.27 bits per heavy atom. The molecule has 2 N–H and O–H groups in total. The van der Waals surface area contributed by atoms with Crippen LogP contribution in [0.4, 0.5) is 17.1 Å². The van der Waals surface area contributed by atoms with Gasteiger partial charge in [0.15, 0.2) is 0 Å². The highest BCUT2D eigenvalue weighted by Crippen LogP contribution is 2.21. The van der Waals surface area contributed by atoms with E-state index in [2.05, 4.69) is 23.6 Å². The van der Waals surface area contributed by atoms with Gasteiger partial charge >= 0.3 is 0 Å². The first kappa shape index (κ1) is 21.1. The highest BCUT2D eigenvalue weighted by atomic mass is 16.2. The molecule has 154 valence electrons. The molecule has 3 aromatic carbocycles. The number of para-hydroxylation sites is 2. The molecule has 0 heterocycles. The number of amides is 2. The number of carbonyl (C=O) groups is 2. The minimum absolute atomic E-state index is 0.104.